The molecule has 21 heavy (non-hydrogen) atoms. The molecule has 2 aromatic rings. The summed E-state index contributed by atoms with van der Waals surface area (Å²) in [5.41, 5.74) is 7.51. The van der Waals surface area contributed by atoms with Crippen LogP contribution in [0.4, 0.5) is 22.7 Å². The Kier molecular flexibility index (Phi) is 3.98. The molecule has 8 heteroatoms. The van der Waals surface area contributed by atoms with Crippen molar-refractivity contribution < 1.29 is 9.85 Å². The number of hydrogen-bond acceptors (Lipinski definition) is 6. The molecule has 0 heterocycles. The Labute approximate surface area is 119 Å². The van der Waals surface area contributed by atoms with E-state index >= 15 is 0 Å². The van der Waals surface area contributed by atoms with Crippen LogP contribution < -0.4 is 10.9 Å². The first-order valence-electron chi connectivity index (χ1n) is 5.99. The third-order valence-electron chi connectivity index (χ3n) is 2.82. The van der Waals surface area contributed by atoms with Gasteiger partial charge in [0.25, 0.3) is 11.4 Å². The van der Waals surface area contributed by atoms with Crippen molar-refractivity contribution >= 4 is 22.7 Å². The predicted molar refractivity (Wildman–Crippen MR) is 78.2 cm³/mol. The first kappa shape index (κ1) is 14.3. The summed E-state index contributed by atoms with van der Waals surface area (Å²) >= 11 is 0. The molecule has 2 rings (SSSR count). The first-order chi connectivity index (χ1) is 9.97. The van der Waals surface area contributed by atoms with E-state index in [0.29, 0.717) is 16.9 Å². The fourth-order valence-electron chi connectivity index (χ4n) is 1.74. The highest BCUT2D eigenvalue weighted by Gasteiger charge is 2.08. The molecule has 0 saturated heterocycles. The molecule has 0 unspecified atom stereocenters. The van der Waals surface area contributed by atoms with Gasteiger partial charge in [-0.05, 0) is 24.6 Å². The highest BCUT2D eigenvalue weighted by atomic mass is 16.6. The van der Waals surface area contributed by atoms with Crippen LogP contribution in [0.3, 0.4) is 0 Å². The summed E-state index contributed by atoms with van der Waals surface area (Å²) in [5, 5.41) is 21.3. The smallest absolute Gasteiger partial charge is 0.271 e. The molecular weight excluding hydrogens is 276 g/mol. The summed E-state index contributed by atoms with van der Waals surface area (Å²) in [6, 6.07) is 10.4. The Bertz CT molecular complexity index is 702. The zero-order chi connectivity index (χ0) is 15.4. The highest BCUT2D eigenvalue weighted by molar-refractivity contribution is 5.60. The van der Waals surface area contributed by atoms with Crippen molar-refractivity contribution in [3.63, 3.8) is 0 Å². The van der Waals surface area contributed by atoms with Gasteiger partial charge in [0.2, 0.25) is 0 Å². The van der Waals surface area contributed by atoms with E-state index in [4.69, 9.17) is 0 Å². The van der Waals surface area contributed by atoms with Gasteiger partial charge in [-0.1, -0.05) is 6.07 Å². The lowest BCUT2D eigenvalue weighted by molar-refractivity contribution is -0.385. The molecule has 0 aliphatic heterocycles. The van der Waals surface area contributed by atoms with Crippen LogP contribution in [0.25, 0.3) is 0 Å². The summed E-state index contributed by atoms with van der Waals surface area (Å²) in [6.07, 6.45) is 0. The van der Waals surface area contributed by atoms with Crippen LogP contribution in [0.1, 0.15) is 5.56 Å². The number of aryl methyl sites for hydroxylation is 1. The second-order valence-electron chi connectivity index (χ2n) is 4.31. The number of benzene rings is 2. The van der Waals surface area contributed by atoms with Crippen molar-refractivity contribution in [1.82, 2.24) is 0 Å². The van der Waals surface area contributed by atoms with Gasteiger partial charge in [0.1, 0.15) is 0 Å². The van der Waals surface area contributed by atoms with Crippen LogP contribution in [0.15, 0.2) is 42.5 Å². The zero-order valence-electron chi connectivity index (χ0n) is 11.1. The molecule has 0 amide bonds. The number of nitrogens with one attached hydrogen (secondary N) is 2. The lowest BCUT2D eigenvalue weighted by atomic mass is 10.2. The highest BCUT2D eigenvalue weighted by Crippen LogP contribution is 2.22. The molecule has 8 nitrogen and oxygen atoms in total. The minimum atomic E-state index is -0.484. The van der Waals surface area contributed by atoms with Crippen molar-refractivity contribution in [3.8, 4) is 0 Å². The number of nitrogens with zero attached hydrogens (tertiary/aromatic N) is 2. The third kappa shape index (κ3) is 3.44. The zero-order valence-corrected chi connectivity index (χ0v) is 11.1. The fraction of sp³-hybridized carbons (Fsp3) is 0.0769. The molecule has 2 aromatic carbocycles. The number of hydrazine groups is 1. The maximum Gasteiger partial charge on any atom is 0.271 e. The van der Waals surface area contributed by atoms with E-state index < -0.39 is 9.85 Å². The molecule has 0 aromatic heterocycles. The topological polar surface area (TPSA) is 110 Å². The van der Waals surface area contributed by atoms with Crippen LogP contribution in [-0.4, -0.2) is 9.85 Å². The molecule has 108 valence electrons. The van der Waals surface area contributed by atoms with Gasteiger partial charge < -0.3 is 10.9 Å². The van der Waals surface area contributed by atoms with Gasteiger partial charge in [-0.2, -0.15) is 0 Å². The van der Waals surface area contributed by atoms with Crippen LogP contribution in [0.5, 0.6) is 0 Å². The van der Waals surface area contributed by atoms with Crippen LogP contribution >= 0.6 is 0 Å². The molecule has 0 spiro atoms. The number of nitro groups is 2. The van der Waals surface area contributed by atoms with E-state index in [-0.39, 0.29) is 11.4 Å². The van der Waals surface area contributed by atoms with Gasteiger partial charge in [-0.3, -0.25) is 20.2 Å². The summed E-state index contributed by atoms with van der Waals surface area (Å²) in [7, 11) is 0. The van der Waals surface area contributed by atoms with E-state index in [0.717, 1.165) is 0 Å². The molecule has 0 bridgehead atoms. The van der Waals surface area contributed by atoms with Gasteiger partial charge in [-0.15, -0.1) is 0 Å². The van der Waals surface area contributed by atoms with Crippen molar-refractivity contribution in [3.05, 3.63) is 68.3 Å². The maximum absolute atomic E-state index is 10.7. The van der Waals surface area contributed by atoms with Gasteiger partial charge in [-0.25, -0.2) is 0 Å². The monoisotopic (exact) mass is 288 g/mol. The Morgan fingerprint density at radius 3 is 2.19 bits per heavy atom. The van der Waals surface area contributed by atoms with Crippen LogP contribution in [0.2, 0.25) is 0 Å². The van der Waals surface area contributed by atoms with E-state index in [2.05, 4.69) is 10.9 Å². The number of rotatable bonds is 5. The van der Waals surface area contributed by atoms with Crippen LogP contribution in [-0.2, 0) is 0 Å². The molecule has 0 aliphatic carbocycles. The summed E-state index contributed by atoms with van der Waals surface area (Å²) < 4.78 is 0. The minimum absolute atomic E-state index is 0.00778. The molecule has 2 N–H and O–H groups in total. The quantitative estimate of drug-likeness (QED) is 0.645. The van der Waals surface area contributed by atoms with Gasteiger partial charge in [0.15, 0.2) is 0 Å². The molecule has 0 atom stereocenters. The number of hydrogen-bond donors (Lipinski definition) is 2. The van der Waals surface area contributed by atoms with Crippen molar-refractivity contribution in [2.45, 2.75) is 6.92 Å². The van der Waals surface area contributed by atoms with Gasteiger partial charge in [0.05, 0.1) is 21.2 Å². The molecule has 0 aliphatic rings. The molecule has 0 radical (unpaired) electrons. The van der Waals surface area contributed by atoms with Gasteiger partial charge in [0, 0.05) is 24.3 Å². The number of nitro benzene ring substituents is 2. The number of non-ortho nitro benzene ring substituents is 2. The minimum Gasteiger partial charge on any atom is -0.301 e. The standard InChI is InChI=1S/C13H12N4O4/c1-9-7-12(17(20)21)5-6-13(9)15-14-10-3-2-4-11(8-10)16(18)19/h2-8,14-15H,1H3. The summed E-state index contributed by atoms with van der Waals surface area (Å²) in [4.78, 5) is 20.4. The first-order valence-corrected chi connectivity index (χ1v) is 5.99. The van der Waals surface area contributed by atoms with E-state index in [1.54, 1.807) is 25.1 Å². The van der Waals surface area contributed by atoms with Crippen LogP contribution in [0, 0.1) is 27.2 Å². The lowest BCUT2D eigenvalue weighted by Crippen LogP contribution is -2.10. The molecule has 0 fully saturated rings. The maximum atomic E-state index is 10.7. The Hall–Kier alpha value is -3.16. The van der Waals surface area contributed by atoms with Crippen molar-refractivity contribution in [2.75, 3.05) is 10.9 Å². The second kappa shape index (κ2) is 5.87. The average molecular weight is 288 g/mol. The summed E-state index contributed by atoms with van der Waals surface area (Å²) in [5.74, 6) is 0. The SMILES string of the molecule is Cc1cc([N+](=O)[O-])ccc1NNc1cccc([N+](=O)[O-])c1. The largest absolute Gasteiger partial charge is 0.301 e. The second-order valence-corrected chi connectivity index (χ2v) is 4.31. The van der Waals surface area contributed by atoms with E-state index in [1.165, 1.54) is 24.3 Å². The third-order valence-corrected chi connectivity index (χ3v) is 2.82. The number of anilines is 2. The summed E-state index contributed by atoms with van der Waals surface area (Å²) in [6.45, 7) is 1.73. The lowest BCUT2D eigenvalue weighted by Gasteiger charge is -2.11. The van der Waals surface area contributed by atoms with Gasteiger partial charge >= 0.3 is 0 Å². The van der Waals surface area contributed by atoms with Crippen molar-refractivity contribution in [1.29, 1.82) is 0 Å². The Morgan fingerprint density at radius 1 is 0.905 bits per heavy atom. The molecule has 0 saturated carbocycles. The van der Waals surface area contributed by atoms with E-state index in [1.807, 2.05) is 0 Å². The van der Waals surface area contributed by atoms with Crippen molar-refractivity contribution in [2.24, 2.45) is 0 Å². The molecular formula is C13H12N4O4. The average Bonchev–Trinajstić information content (AvgIpc) is 2.46. The Morgan fingerprint density at radius 2 is 1.57 bits per heavy atom. The predicted octanol–water partition coefficient (Wildman–Crippen LogP) is 3.25. The van der Waals surface area contributed by atoms with E-state index in [9.17, 15) is 20.2 Å². The fourth-order valence-corrected chi connectivity index (χ4v) is 1.74. The normalized spacial score (nSPS) is 9.95. The Balaban J connectivity index is 2.11.